The van der Waals surface area contributed by atoms with Gasteiger partial charge in [-0.3, -0.25) is 4.90 Å². The highest BCUT2D eigenvalue weighted by atomic mass is 16.5. The van der Waals surface area contributed by atoms with Crippen molar-refractivity contribution < 1.29 is 13.9 Å². The second kappa shape index (κ2) is 7.68. The standard InChI is InChI=1S/C18H25N3O3/c1-4-23-16-6-5-14(11-17(16)22-3)18-20-15(13(2)24-18)12-21-9-7-19-8-10-21/h5-6,11,19H,4,7-10,12H2,1-3H3. The number of hydrogen-bond donors (Lipinski definition) is 1. The maximum absolute atomic E-state index is 5.89. The van der Waals surface area contributed by atoms with Crippen molar-refractivity contribution in [1.29, 1.82) is 0 Å². The van der Waals surface area contributed by atoms with Crippen LogP contribution in [0.3, 0.4) is 0 Å². The average Bonchev–Trinajstić information content (AvgIpc) is 2.97. The number of benzene rings is 1. The van der Waals surface area contributed by atoms with Crippen molar-refractivity contribution in [1.82, 2.24) is 15.2 Å². The molecule has 0 aliphatic carbocycles. The van der Waals surface area contributed by atoms with Crippen molar-refractivity contribution in [3.05, 3.63) is 29.7 Å². The topological polar surface area (TPSA) is 59.8 Å². The van der Waals surface area contributed by atoms with E-state index in [0.29, 0.717) is 18.2 Å². The molecule has 6 nitrogen and oxygen atoms in total. The molecule has 1 aromatic carbocycles. The maximum atomic E-state index is 5.89. The van der Waals surface area contributed by atoms with Gasteiger partial charge in [0.1, 0.15) is 5.76 Å². The van der Waals surface area contributed by atoms with Crippen LogP contribution in [0.5, 0.6) is 11.5 Å². The molecule has 6 heteroatoms. The lowest BCUT2D eigenvalue weighted by Gasteiger charge is -2.26. The Morgan fingerprint density at radius 2 is 2.04 bits per heavy atom. The van der Waals surface area contributed by atoms with Gasteiger partial charge in [-0.1, -0.05) is 0 Å². The fourth-order valence-electron chi connectivity index (χ4n) is 2.85. The summed E-state index contributed by atoms with van der Waals surface area (Å²) in [6.45, 7) is 9.48. The van der Waals surface area contributed by atoms with Crippen LogP contribution in [-0.2, 0) is 6.54 Å². The molecule has 2 heterocycles. The molecule has 0 amide bonds. The maximum Gasteiger partial charge on any atom is 0.226 e. The van der Waals surface area contributed by atoms with E-state index in [1.165, 1.54) is 0 Å². The highest BCUT2D eigenvalue weighted by Gasteiger charge is 2.17. The zero-order valence-electron chi connectivity index (χ0n) is 14.6. The van der Waals surface area contributed by atoms with E-state index < -0.39 is 0 Å². The van der Waals surface area contributed by atoms with E-state index in [1.807, 2.05) is 32.0 Å². The predicted molar refractivity (Wildman–Crippen MR) is 92.5 cm³/mol. The smallest absolute Gasteiger partial charge is 0.226 e. The Labute approximate surface area is 142 Å². The second-order valence-corrected chi connectivity index (χ2v) is 5.85. The first kappa shape index (κ1) is 16.8. The molecule has 24 heavy (non-hydrogen) atoms. The van der Waals surface area contributed by atoms with Gasteiger partial charge in [-0.2, -0.15) is 0 Å². The zero-order chi connectivity index (χ0) is 16.9. The van der Waals surface area contributed by atoms with Gasteiger partial charge >= 0.3 is 0 Å². The van der Waals surface area contributed by atoms with E-state index in [0.717, 1.165) is 55.5 Å². The molecular formula is C18H25N3O3. The summed E-state index contributed by atoms with van der Waals surface area (Å²) in [6.07, 6.45) is 0. The van der Waals surface area contributed by atoms with Gasteiger partial charge in [0.15, 0.2) is 11.5 Å². The molecule has 2 aromatic rings. The van der Waals surface area contributed by atoms with Crippen molar-refractivity contribution in [3.8, 4) is 23.0 Å². The minimum atomic E-state index is 0.600. The molecule has 1 aliphatic heterocycles. The first-order valence-electron chi connectivity index (χ1n) is 8.42. The van der Waals surface area contributed by atoms with Crippen LogP contribution in [0.1, 0.15) is 18.4 Å². The number of oxazole rings is 1. The monoisotopic (exact) mass is 331 g/mol. The lowest BCUT2D eigenvalue weighted by Crippen LogP contribution is -2.43. The number of aromatic nitrogens is 1. The van der Waals surface area contributed by atoms with Gasteiger partial charge in [0.2, 0.25) is 5.89 Å². The molecule has 1 N–H and O–H groups in total. The SMILES string of the molecule is CCOc1ccc(-c2nc(CN3CCNCC3)c(C)o2)cc1OC. The highest BCUT2D eigenvalue weighted by molar-refractivity contribution is 5.60. The van der Waals surface area contributed by atoms with E-state index in [2.05, 4.69) is 10.2 Å². The fraction of sp³-hybridized carbons (Fsp3) is 0.500. The number of rotatable bonds is 6. The van der Waals surface area contributed by atoms with Crippen molar-refractivity contribution in [2.45, 2.75) is 20.4 Å². The lowest BCUT2D eigenvalue weighted by molar-refractivity contribution is 0.230. The summed E-state index contributed by atoms with van der Waals surface area (Å²) in [7, 11) is 1.64. The molecule has 0 unspecified atom stereocenters. The largest absolute Gasteiger partial charge is 0.493 e. The summed E-state index contributed by atoms with van der Waals surface area (Å²) in [5.41, 5.74) is 1.89. The van der Waals surface area contributed by atoms with Crippen LogP contribution in [-0.4, -0.2) is 49.8 Å². The Morgan fingerprint density at radius 1 is 1.25 bits per heavy atom. The normalized spacial score (nSPS) is 15.5. The van der Waals surface area contributed by atoms with Gasteiger partial charge in [-0.05, 0) is 32.0 Å². The molecule has 1 aromatic heterocycles. The quantitative estimate of drug-likeness (QED) is 0.877. The van der Waals surface area contributed by atoms with Crippen LogP contribution in [0, 0.1) is 6.92 Å². The van der Waals surface area contributed by atoms with Crippen LogP contribution in [0.15, 0.2) is 22.6 Å². The second-order valence-electron chi connectivity index (χ2n) is 5.85. The predicted octanol–water partition coefficient (Wildman–Crippen LogP) is 2.46. The van der Waals surface area contributed by atoms with E-state index in [9.17, 15) is 0 Å². The third kappa shape index (κ3) is 3.71. The number of nitrogens with zero attached hydrogens (tertiary/aromatic N) is 2. The van der Waals surface area contributed by atoms with Crippen molar-refractivity contribution in [2.24, 2.45) is 0 Å². The molecule has 1 fully saturated rings. The molecule has 0 atom stereocenters. The summed E-state index contributed by atoms with van der Waals surface area (Å²) in [5, 5.41) is 3.36. The Hall–Kier alpha value is -2.05. The summed E-state index contributed by atoms with van der Waals surface area (Å²) in [5.74, 6) is 2.91. The van der Waals surface area contributed by atoms with Crippen LogP contribution in [0.2, 0.25) is 0 Å². The van der Waals surface area contributed by atoms with Gasteiger partial charge in [0.05, 0.1) is 19.4 Å². The fourth-order valence-corrected chi connectivity index (χ4v) is 2.85. The Morgan fingerprint density at radius 3 is 2.75 bits per heavy atom. The molecule has 0 spiro atoms. The molecule has 0 saturated carbocycles. The first-order valence-corrected chi connectivity index (χ1v) is 8.42. The minimum Gasteiger partial charge on any atom is -0.493 e. The Bertz CT molecular complexity index is 678. The number of methoxy groups -OCH3 is 1. The highest BCUT2D eigenvalue weighted by Crippen LogP contribution is 2.33. The molecular weight excluding hydrogens is 306 g/mol. The molecule has 0 bridgehead atoms. The molecule has 1 aliphatic rings. The number of aryl methyl sites for hydroxylation is 1. The van der Waals surface area contributed by atoms with E-state index in [4.69, 9.17) is 18.9 Å². The molecule has 130 valence electrons. The summed E-state index contributed by atoms with van der Waals surface area (Å²) in [6, 6.07) is 5.76. The van der Waals surface area contributed by atoms with Gasteiger partial charge in [0.25, 0.3) is 0 Å². The summed E-state index contributed by atoms with van der Waals surface area (Å²) in [4.78, 5) is 7.09. The summed E-state index contributed by atoms with van der Waals surface area (Å²) < 4.78 is 16.9. The Balaban J connectivity index is 1.80. The van der Waals surface area contributed by atoms with E-state index in [-0.39, 0.29) is 0 Å². The first-order chi connectivity index (χ1) is 11.7. The Kier molecular flexibility index (Phi) is 5.37. The zero-order valence-corrected chi connectivity index (χ0v) is 14.6. The minimum absolute atomic E-state index is 0.600. The van der Waals surface area contributed by atoms with E-state index in [1.54, 1.807) is 7.11 Å². The third-order valence-corrected chi connectivity index (χ3v) is 4.19. The molecule has 1 saturated heterocycles. The number of nitrogens with one attached hydrogen (secondary N) is 1. The van der Waals surface area contributed by atoms with Crippen LogP contribution in [0.25, 0.3) is 11.5 Å². The lowest BCUT2D eigenvalue weighted by atomic mass is 10.2. The molecule has 3 rings (SSSR count). The van der Waals surface area contributed by atoms with Gasteiger partial charge in [-0.25, -0.2) is 4.98 Å². The van der Waals surface area contributed by atoms with Gasteiger partial charge in [-0.15, -0.1) is 0 Å². The van der Waals surface area contributed by atoms with E-state index >= 15 is 0 Å². The van der Waals surface area contributed by atoms with Crippen LogP contribution >= 0.6 is 0 Å². The number of hydrogen-bond acceptors (Lipinski definition) is 6. The third-order valence-electron chi connectivity index (χ3n) is 4.19. The van der Waals surface area contributed by atoms with Crippen molar-refractivity contribution >= 4 is 0 Å². The van der Waals surface area contributed by atoms with Crippen LogP contribution in [0.4, 0.5) is 0 Å². The summed E-state index contributed by atoms with van der Waals surface area (Å²) >= 11 is 0. The van der Waals surface area contributed by atoms with Crippen molar-refractivity contribution in [2.75, 3.05) is 39.9 Å². The number of piperazine rings is 1. The average molecular weight is 331 g/mol. The number of ether oxygens (including phenoxy) is 2. The molecule has 0 radical (unpaired) electrons. The van der Waals surface area contributed by atoms with Gasteiger partial charge in [0, 0.05) is 38.3 Å². The van der Waals surface area contributed by atoms with Crippen LogP contribution < -0.4 is 14.8 Å². The van der Waals surface area contributed by atoms with Gasteiger partial charge < -0.3 is 19.2 Å². The van der Waals surface area contributed by atoms with Crippen molar-refractivity contribution in [3.63, 3.8) is 0 Å².